The molecule has 2 aromatic heterocycles. The van der Waals surface area contributed by atoms with Gasteiger partial charge in [-0.1, -0.05) is 18.2 Å². The van der Waals surface area contributed by atoms with Crippen molar-refractivity contribution in [1.29, 1.82) is 0 Å². The maximum Gasteiger partial charge on any atom is 0.261 e. The normalized spacial score (nSPS) is 10.9. The Morgan fingerprint density at radius 1 is 1.29 bits per heavy atom. The van der Waals surface area contributed by atoms with Crippen LogP contribution in [-0.2, 0) is 6.42 Å². The van der Waals surface area contributed by atoms with E-state index in [-0.39, 0.29) is 5.91 Å². The smallest absolute Gasteiger partial charge is 0.261 e. The predicted molar refractivity (Wildman–Crippen MR) is 85.9 cm³/mol. The first-order chi connectivity index (χ1) is 10.2. The Labute approximate surface area is 127 Å². The van der Waals surface area contributed by atoms with Crippen molar-refractivity contribution in [2.24, 2.45) is 0 Å². The van der Waals surface area contributed by atoms with E-state index < -0.39 is 0 Å². The number of carbonyl (C=O) groups excluding carboxylic acids is 1. The highest BCUT2D eigenvalue weighted by atomic mass is 32.1. The van der Waals surface area contributed by atoms with E-state index in [2.05, 4.69) is 11.4 Å². The minimum Gasteiger partial charge on any atom is -0.461 e. The topological polar surface area (TPSA) is 42.2 Å². The molecule has 0 spiro atoms. The average Bonchev–Trinajstić information content (AvgIpc) is 3.09. The third-order valence-corrected chi connectivity index (χ3v) is 4.36. The van der Waals surface area contributed by atoms with Crippen molar-refractivity contribution in [3.8, 4) is 0 Å². The van der Waals surface area contributed by atoms with Gasteiger partial charge in [-0.25, -0.2) is 0 Å². The number of benzene rings is 1. The van der Waals surface area contributed by atoms with Gasteiger partial charge in [0.1, 0.15) is 11.3 Å². The van der Waals surface area contributed by atoms with Crippen molar-refractivity contribution in [2.45, 2.75) is 19.8 Å². The van der Waals surface area contributed by atoms with Gasteiger partial charge in [-0.15, -0.1) is 11.3 Å². The van der Waals surface area contributed by atoms with E-state index in [4.69, 9.17) is 4.42 Å². The second-order valence-corrected chi connectivity index (χ2v) is 6.01. The number of nitrogens with one attached hydrogen (secondary N) is 1. The minimum absolute atomic E-state index is 0.0118. The van der Waals surface area contributed by atoms with E-state index >= 15 is 0 Å². The number of amides is 1. The number of hydrogen-bond acceptors (Lipinski definition) is 3. The van der Waals surface area contributed by atoms with Crippen LogP contribution in [0.25, 0.3) is 11.0 Å². The lowest BCUT2D eigenvalue weighted by molar-refractivity contribution is 0.0957. The third-order valence-electron chi connectivity index (χ3n) is 3.32. The molecular weight excluding hydrogens is 282 g/mol. The van der Waals surface area contributed by atoms with E-state index in [1.54, 1.807) is 0 Å². The van der Waals surface area contributed by atoms with Crippen molar-refractivity contribution in [3.63, 3.8) is 0 Å². The molecule has 0 aliphatic heterocycles. The van der Waals surface area contributed by atoms with Gasteiger partial charge in [0.2, 0.25) is 0 Å². The largest absolute Gasteiger partial charge is 0.461 e. The zero-order valence-electron chi connectivity index (χ0n) is 11.9. The van der Waals surface area contributed by atoms with E-state index in [1.807, 2.05) is 42.6 Å². The summed E-state index contributed by atoms with van der Waals surface area (Å²) in [6, 6.07) is 12.0. The monoisotopic (exact) mass is 299 g/mol. The van der Waals surface area contributed by atoms with Gasteiger partial charge in [0.25, 0.3) is 5.91 Å². The summed E-state index contributed by atoms with van der Waals surface area (Å²) in [5, 5.41) is 6.07. The number of thiophene rings is 1. The number of para-hydroxylation sites is 1. The quantitative estimate of drug-likeness (QED) is 0.719. The molecule has 3 nitrogen and oxygen atoms in total. The molecule has 4 heteroatoms. The van der Waals surface area contributed by atoms with Gasteiger partial charge >= 0.3 is 0 Å². The van der Waals surface area contributed by atoms with Crippen LogP contribution in [0.2, 0.25) is 0 Å². The zero-order valence-corrected chi connectivity index (χ0v) is 12.7. The van der Waals surface area contributed by atoms with Crippen LogP contribution < -0.4 is 5.32 Å². The molecule has 1 aromatic carbocycles. The van der Waals surface area contributed by atoms with Gasteiger partial charge in [0.05, 0.1) is 4.88 Å². The van der Waals surface area contributed by atoms with Crippen LogP contribution in [-0.4, -0.2) is 12.5 Å². The standard InChI is InChI=1S/C17H17NO2S/c1-12-9-16(21-11-12)17(19)18-8-4-6-14-10-13-5-2-3-7-15(13)20-14/h2-3,5,7,9-11H,4,6,8H2,1H3,(H,18,19). The molecule has 0 unspecified atom stereocenters. The number of carbonyl (C=O) groups is 1. The maximum atomic E-state index is 11.9. The Balaban J connectivity index is 1.49. The summed E-state index contributed by atoms with van der Waals surface area (Å²) < 4.78 is 5.75. The second-order valence-electron chi connectivity index (χ2n) is 5.10. The lowest BCUT2D eigenvalue weighted by atomic mass is 10.2. The Morgan fingerprint density at radius 2 is 2.14 bits per heavy atom. The van der Waals surface area contributed by atoms with Crippen molar-refractivity contribution in [3.05, 3.63) is 58.0 Å². The molecule has 3 rings (SSSR count). The molecule has 21 heavy (non-hydrogen) atoms. The molecule has 1 N–H and O–H groups in total. The fourth-order valence-corrected chi connectivity index (χ4v) is 3.08. The van der Waals surface area contributed by atoms with E-state index in [1.165, 1.54) is 11.3 Å². The molecule has 108 valence electrons. The first-order valence-corrected chi connectivity index (χ1v) is 7.91. The molecule has 2 heterocycles. The number of hydrogen-bond donors (Lipinski definition) is 1. The summed E-state index contributed by atoms with van der Waals surface area (Å²) >= 11 is 1.48. The molecule has 0 saturated heterocycles. The lowest BCUT2D eigenvalue weighted by Gasteiger charge is -2.02. The number of aryl methyl sites for hydroxylation is 2. The summed E-state index contributed by atoms with van der Waals surface area (Å²) in [7, 11) is 0. The molecule has 3 aromatic rings. The van der Waals surface area contributed by atoms with Gasteiger partial charge in [-0.2, -0.15) is 0 Å². The number of furan rings is 1. The third kappa shape index (κ3) is 3.34. The van der Waals surface area contributed by atoms with Crippen LogP contribution in [0.1, 0.15) is 27.4 Å². The van der Waals surface area contributed by atoms with Crippen LogP contribution in [0.5, 0.6) is 0 Å². The SMILES string of the molecule is Cc1csc(C(=O)NCCCc2cc3ccccc3o2)c1. The Hall–Kier alpha value is -2.07. The van der Waals surface area contributed by atoms with Crippen LogP contribution in [0, 0.1) is 6.92 Å². The Bertz CT molecular complexity index is 724. The fourth-order valence-electron chi connectivity index (χ4n) is 2.26. The van der Waals surface area contributed by atoms with Crippen LogP contribution in [0.3, 0.4) is 0 Å². The molecule has 0 aliphatic carbocycles. The van der Waals surface area contributed by atoms with E-state index in [0.717, 1.165) is 40.0 Å². The van der Waals surface area contributed by atoms with Gasteiger partial charge in [-0.05, 0) is 42.5 Å². The Morgan fingerprint density at radius 3 is 2.90 bits per heavy atom. The van der Waals surface area contributed by atoms with Crippen LogP contribution in [0.15, 0.2) is 46.2 Å². The fraction of sp³-hybridized carbons (Fsp3) is 0.235. The molecule has 0 fully saturated rings. The van der Waals surface area contributed by atoms with Crippen molar-refractivity contribution >= 4 is 28.2 Å². The predicted octanol–water partition coefficient (Wildman–Crippen LogP) is 4.17. The van der Waals surface area contributed by atoms with Gasteiger partial charge in [0.15, 0.2) is 0 Å². The molecule has 0 saturated carbocycles. The first kappa shape index (κ1) is 13.9. The van der Waals surface area contributed by atoms with Crippen molar-refractivity contribution in [1.82, 2.24) is 5.32 Å². The van der Waals surface area contributed by atoms with Crippen molar-refractivity contribution < 1.29 is 9.21 Å². The van der Waals surface area contributed by atoms with Gasteiger partial charge < -0.3 is 9.73 Å². The lowest BCUT2D eigenvalue weighted by Crippen LogP contribution is -2.23. The summed E-state index contributed by atoms with van der Waals surface area (Å²) in [4.78, 5) is 12.7. The van der Waals surface area contributed by atoms with Gasteiger partial charge in [-0.3, -0.25) is 4.79 Å². The minimum atomic E-state index is 0.0118. The molecule has 0 atom stereocenters. The number of fused-ring (bicyclic) bond motifs is 1. The summed E-state index contributed by atoms with van der Waals surface area (Å²) in [6.07, 6.45) is 1.70. The Kier molecular flexibility index (Phi) is 4.06. The average molecular weight is 299 g/mol. The maximum absolute atomic E-state index is 11.9. The molecule has 0 radical (unpaired) electrons. The zero-order chi connectivity index (χ0) is 14.7. The molecular formula is C17H17NO2S. The highest BCUT2D eigenvalue weighted by Gasteiger charge is 2.07. The summed E-state index contributed by atoms with van der Waals surface area (Å²) in [5.41, 5.74) is 2.05. The van der Waals surface area contributed by atoms with Gasteiger partial charge in [0, 0.05) is 18.4 Å². The second kappa shape index (κ2) is 6.14. The molecule has 1 amide bonds. The van der Waals surface area contributed by atoms with Crippen molar-refractivity contribution in [2.75, 3.05) is 6.54 Å². The highest BCUT2D eigenvalue weighted by Crippen LogP contribution is 2.19. The van der Waals surface area contributed by atoms with E-state index in [0.29, 0.717) is 6.54 Å². The molecule has 0 bridgehead atoms. The van der Waals surface area contributed by atoms with E-state index in [9.17, 15) is 4.79 Å². The molecule has 0 aliphatic rings. The summed E-state index contributed by atoms with van der Waals surface area (Å²) in [6.45, 7) is 2.65. The summed E-state index contributed by atoms with van der Waals surface area (Å²) in [5.74, 6) is 0.982. The highest BCUT2D eigenvalue weighted by molar-refractivity contribution is 7.12. The van der Waals surface area contributed by atoms with Crippen LogP contribution in [0.4, 0.5) is 0 Å². The number of rotatable bonds is 5. The first-order valence-electron chi connectivity index (χ1n) is 7.03. The van der Waals surface area contributed by atoms with Crippen LogP contribution >= 0.6 is 11.3 Å².